The predicted octanol–water partition coefficient (Wildman–Crippen LogP) is 3.73. The Labute approximate surface area is 182 Å². The fraction of sp³-hybridized carbons (Fsp3) is 0.522. The number of methoxy groups -OCH3 is 1. The van der Waals surface area contributed by atoms with Crippen molar-refractivity contribution in [2.75, 3.05) is 13.7 Å². The van der Waals surface area contributed by atoms with Gasteiger partial charge in [-0.1, -0.05) is 24.9 Å². The number of carbonyl (C=O) groups is 2. The van der Waals surface area contributed by atoms with Crippen LogP contribution in [0.4, 0.5) is 0 Å². The van der Waals surface area contributed by atoms with Crippen LogP contribution in [0.5, 0.6) is 11.5 Å². The van der Waals surface area contributed by atoms with E-state index in [2.05, 4.69) is 17.4 Å². The average molecular weight is 431 g/mol. The molecule has 8 nitrogen and oxygen atoms in total. The van der Waals surface area contributed by atoms with Gasteiger partial charge in [0.2, 0.25) is 0 Å². The first-order valence-corrected chi connectivity index (χ1v) is 10.6. The minimum atomic E-state index is -0.595. The lowest BCUT2D eigenvalue weighted by Crippen LogP contribution is -2.42. The third-order valence-electron chi connectivity index (χ3n) is 5.74. The lowest BCUT2D eigenvalue weighted by atomic mass is 9.86. The summed E-state index contributed by atoms with van der Waals surface area (Å²) < 4.78 is 21.5. The maximum Gasteiger partial charge on any atom is 0.338 e. The topological polar surface area (TPSA) is 99.9 Å². The Hall–Kier alpha value is -3.03. The number of carbonyl (C=O) groups excluding carboxylic acids is 2. The van der Waals surface area contributed by atoms with Gasteiger partial charge in [0, 0.05) is 6.04 Å². The van der Waals surface area contributed by atoms with E-state index < -0.39 is 5.97 Å². The Morgan fingerprint density at radius 2 is 1.97 bits per heavy atom. The molecule has 31 heavy (non-hydrogen) atoms. The number of benzene rings is 1. The lowest BCUT2D eigenvalue weighted by molar-refractivity contribution is -0.125. The van der Waals surface area contributed by atoms with Crippen LogP contribution in [-0.4, -0.2) is 36.8 Å². The van der Waals surface area contributed by atoms with Crippen LogP contribution in [0, 0.1) is 19.8 Å². The van der Waals surface area contributed by atoms with Crippen molar-refractivity contribution in [2.45, 2.75) is 59.1 Å². The summed E-state index contributed by atoms with van der Waals surface area (Å²) in [5, 5.41) is 6.88. The van der Waals surface area contributed by atoms with Gasteiger partial charge in [-0.25, -0.2) is 4.79 Å². The third kappa shape index (κ3) is 5.77. The summed E-state index contributed by atoms with van der Waals surface area (Å²) in [5.41, 5.74) is 1.90. The number of ether oxygens (including phenoxy) is 3. The summed E-state index contributed by atoms with van der Waals surface area (Å²) in [6.45, 7) is 5.75. The molecule has 1 N–H and O–H groups in total. The fourth-order valence-corrected chi connectivity index (χ4v) is 3.77. The highest BCUT2D eigenvalue weighted by molar-refractivity contribution is 5.92. The first kappa shape index (κ1) is 22.7. The van der Waals surface area contributed by atoms with Crippen molar-refractivity contribution in [2.24, 2.45) is 5.92 Å². The van der Waals surface area contributed by atoms with Crippen molar-refractivity contribution < 1.29 is 28.3 Å². The minimum absolute atomic E-state index is 0.147. The number of hydrogen-bond acceptors (Lipinski definition) is 7. The molecule has 0 bridgehead atoms. The SMILES string of the molecule is COc1cc(C(=O)OCC(=O)N[C@@H]2CCCC[C@@H]2C)ccc1OCc1c(C)noc1C. The van der Waals surface area contributed by atoms with Crippen LogP contribution in [0.2, 0.25) is 0 Å². The molecule has 1 aromatic carbocycles. The predicted molar refractivity (Wildman–Crippen MR) is 113 cm³/mol. The number of nitrogens with one attached hydrogen (secondary N) is 1. The average Bonchev–Trinajstić information content (AvgIpc) is 3.09. The Bertz CT molecular complexity index is 903. The second-order valence-corrected chi connectivity index (χ2v) is 7.97. The monoisotopic (exact) mass is 430 g/mol. The third-order valence-corrected chi connectivity index (χ3v) is 5.74. The van der Waals surface area contributed by atoms with Crippen molar-refractivity contribution in [3.8, 4) is 11.5 Å². The fourth-order valence-electron chi connectivity index (χ4n) is 3.77. The van der Waals surface area contributed by atoms with Crippen molar-refractivity contribution in [3.05, 3.63) is 40.8 Å². The number of esters is 1. The van der Waals surface area contributed by atoms with Gasteiger partial charge in [-0.15, -0.1) is 0 Å². The van der Waals surface area contributed by atoms with Gasteiger partial charge in [0.15, 0.2) is 18.1 Å². The molecule has 1 fully saturated rings. The molecular formula is C23H30N2O6. The number of hydrogen-bond donors (Lipinski definition) is 1. The number of aromatic nitrogens is 1. The van der Waals surface area contributed by atoms with Gasteiger partial charge < -0.3 is 24.1 Å². The van der Waals surface area contributed by atoms with E-state index in [1.807, 2.05) is 13.8 Å². The first-order valence-electron chi connectivity index (χ1n) is 10.6. The Morgan fingerprint density at radius 3 is 2.65 bits per heavy atom. The zero-order valence-electron chi connectivity index (χ0n) is 18.5. The molecule has 0 unspecified atom stereocenters. The van der Waals surface area contributed by atoms with Crippen LogP contribution in [0.25, 0.3) is 0 Å². The molecule has 1 aromatic heterocycles. The van der Waals surface area contributed by atoms with Gasteiger partial charge in [0.05, 0.1) is 23.9 Å². The molecule has 0 saturated heterocycles. The molecule has 168 valence electrons. The van der Waals surface area contributed by atoms with E-state index in [1.165, 1.54) is 19.6 Å². The van der Waals surface area contributed by atoms with Crippen molar-refractivity contribution in [1.82, 2.24) is 10.5 Å². The largest absolute Gasteiger partial charge is 0.493 e. The standard InChI is InChI=1S/C23H30N2O6/c1-14-7-5-6-8-19(14)24-22(26)13-30-23(27)17-9-10-20(21(11-17)28-4)29-12-18-15(2)25-31-16(18)3/h9-11,14,19H,5-8,12-13H2,1-4H3,(H,24,26)/t14-,19+/m0/s1. The zero-order chi connectivity index (χ0) is 22.4. The summed E-state index contributed by atoms with van der Waals surface area (Å²) in [5.74, 6) is 1.12. The van der Waals surface area contributed by atoms with E-state index in [0.29, 0.717) is 23.2 Å². The molecule has 0 spiro atoms. The van der Waals surface area contributed by atoms with Gasteiger partial charge in [-0.2, -0.15) is 0 Å². The van der Waals surface area contributed by atoms with Gasteiger partial charge in [0.25, 0.3) is 5.91 Å². The number of aryl methyl sites for hydroxylation is 2. The van der Waals surface area contributed by atoms with Crippen molar-refractivity contribution >= 4 is 11.9 Å². The van der Waals surface area contributed by atoms with E-state index in [1.54, 1.807) is 12.1 Å². The number of amides is 1. The molecule has 1 amide bonds. The van der Waals surface area contributed by atoms with Crippen molar-refractivity contribution in [1.29, 1.82) is 0 Å². The maximum atomic E-state index is 12.4. The lowest BCUT2D eigenvalue weighted by Gasteiger charge is -2.29. The van der Waals surface area contributed by atoms with E-state index in [4.69, 9.17) is 18.7 Å². The molecule has 1 saturated carbocycles. The van der Waals surface area contributed by atoms with Crippen molar-refractivity contribution in [3.63, 3.8) is 0 Å². The highest BCUT2D eigenvalue weighted by atomic mass is 16.5. The second kappa shape index (κ2) is 10.3. The number of nitrogens with zero attached hydrogens (tertiary/aromatic N) is 1. The summed E-state index contributed by atoms with van der Waals surface area (Å²) in [6, 6.07) is 4.90. The van der Waals surface area contributed by atoms with Crippen LogP contribution in [0.1, 0.15) is 60.0 Å². The van der Waals surface area contributed by atoms with Crippen LogP contribution in [0.15, 0.2) is 22.7 Å². The molecule has 2 atom stereocenters. The van der Waals surface area contributed by atoms with Crippen LogP contribution >= 0.6 is 0 Å². The molecule has 1 aliphatic carbocycles. The second-order valence-electron chi connectivity index (χ2n) is 7.97. The Morgan fingerprint density at radius 1 is 1.19 bits per heavy atom. The smallest absolute Gasteiger partial charge is 0.338 e. The zero-order valence-corrected chi connectivity index (χ0v) is 18.5. The van der Waals surface area contributed by atoms with E-state index in [0.717, 1.165) is 30.5 Å². The van der Waals surface area contributed by atoms with Gasteiger partial charge >= 0.3 is 5.97 Å². The summed E-state index contributed by atoms with van der Waals surface area (Å²) in [6.07, 6.45) is 4.38. The van der Waals surface area contributed by atoms with Crippen LogP contribution in [-0.2, 0) is 16.1 Å². The summed E-state index contributed by atoms with van der Waals surface area (Å²) >= 11 is 0. The summed E-state index contributed by atoms with van der Waals surface area (Å²) in [7, 11) is 1.49. The summed E-state index contributed by atoms with van der Waals surface area (Å²) in [4.78, 5) is 24.6. The van der Waals surface area contributed by atoms with Crippen LogP contribution < -0.4 is 14.8 Å². The highest BCUT2D eigenvalue weighted by Gasteiger charge is 2.23. The van der Waals surface area contributed by atoms with Gasteiger partial charge in [-0.05, 0) is 50.8 Å². The van der Waals surface area contributed by atoms with E-state index in [9.17, 15) is 9.59 Å². The molecule has 8 heteroatoms. The number of rotatable bonds is 8. The normalized spacial score (nSPS) is 18.3. The molecular weight excluding hydrogens is 400 g/mol. The molecule has 0 aliphatic heterocycles. The molecule has 2 aromatic rings. The Kier molecular flexibility index (Phi) is 7.55. The van der Waals surface area contributed by atoms with Gasteiger partial charge in [-0.3, -0.25) is 4.79 Å². The van der Waals surface area contributed by atoms with E-state index in [-0.39, 0.29) is 30.7 Å². The van der Waals surface area contributed by atoms with Gasteiger partial charge in [0.1, 0.15) is 12.4 Å². The van der Waals surface area contributed by atoms with Crippen LogP contribution in [0.3, 0.4) is 0 Å². The molecule has 0 radical (unpaired) electrons. The van der Waals surface area contributed by atoms with E-state index >= 15 is 0 Å². The molecule has 3 rings (SSSR count). The highest BCUT2D eigenvalue weighted by Crippen LogP contribution is 2.30. The Balaban J connectivity index is 1.55. The minimum Gasteiger partial charge on any atom is -0.493 e. The molecule has 1 heterocycles. The quantitative estimate of drug-likeness (QED) is 0.637. The first-order chi connectivity index (χ1) is 14.9. The molecule has 1 aliphatic rings. The maximum absolute atomic E-state index is 12.4.